The average molecular weight is 291 g/mol. The monoisotopic (exact) mass is 290 g/mol. The van der Waals surface area contributed by atoms with E-state index in [-0.39, 0.29) is 12.2 Å². The number of hydrogen-bond donors (Lipinski definition) is 1. The Morgan fingerprint density at radius 1 is 1.44 bits per heavy atom. The molecule has 3 nitrogen and oxygen atoms in total. The molecule has 1 N–H and O–H groups in total. The van der Waals surface area contributed by atoms with Crippen LogP contribution in [0, 0.1) is 5.82 Å². The quantitative estimate of drug-likeness (QED) is 0.818. The van der Waals surface area contributed by atoms with Crippen LogP contribution in [0.1, 0.15) is 19.3 Å². The van der Waals surface area contributed by atoms with Gasteiger partial charge in [0.1, 0.15) is 11.6 Å². The molecule has 0 unspecified atom stereocenters. The van der Waals surface area contributed by atoms with E-state index in [0.29, 0.717) is 29.7 Å². The number of benzene rings is 1. The third-order valence-electron chi connectivity index (χ3n) is 1.94. The molecule has 16 heavy (non-hydrogen) atoms. The SMILES string of the molecule is O=C(O)CCCCOc1cc(F)ccc1Br. The smallest absolute Gasteiger partial charge is 0.303 e. The number of carboxylic acids is 1. The van der Waals surface area contributed by atoms with Crippen LogP contribution in [-0.2, 0) is 4.79 Å². The number of carboxylic acid groups (broad SMARTS) is 1. The van der Waals surface area contributed by atoms with E-state index in [9.17, 15) is 9.18 Å². The van der Waals surface area contributed by atoms with Crippen molar-refractivity contribution >= 4 is 21.9 Å². The summed E-state index contributed by atoms with van der Waals surface area (Å²) in [5, 5.41) is 8.41. The molecule has 0 atom stereocenters. The van der Waals surface area contributed by atoms with E-state index in [1.54, 1.807) is 6.07 Å². The summed E-state index contributed by atoms with van der Waals surface area (Å²) >= 11 is 3.24. The van der Waals surface area contributed by atoms with E-state index in [2.05, 4.69) is 15.9 Å². The van der Waals surface area contributed by atoms with Crippen LogP contribution in [0.4, 0.5) is 4.39 Å². The van der Waals surface area contributed by atoms with Crippen molar-refractivity contribution in [2.45, 2.75) is 19.3 Å². The highest BCUT2D eigenvalue weighted by Crippen LogP contribution is 2.25. The highest BCUT2D eigenvalue weighted by atomic mass is 79.9. The third kappa shape index (κ3) is 4.61. The molecule has 0 aliphatic heterocycles. The van der Waals surface area contributed by atoms with Crippen molar-refractivity contribution in [1.29, 1.82) is 0 Å². The summed E-state index contributed by atoms with van der Waals surface area (Å²) in [5.41, 5.74) is 0. The fourth-order valence-corrected chi connectivity index (χ4v) is 1.51. The molecule has 5 heteroatoms. The summed E-state index contributed by atoms with van der Waals surface area (Å²) in [7, 11) is 0. The van der Waals surface area contributed by atoms with Gasteiger partial charge in [0.25, 0.3) is 0 Å². The second kappa shape index (κ2) is 6.48. The van der Waals surface area contributed by atoms with Crippen molar-refractivity contribution in [3.8, 4) is 5.75 Å². The maximum Gasteiger partial charge on any atom is 0.303 e. The molecular weight excluding hydrogens is 279 g/mol. The zero-order valence-corrected chi connectivity index (χ0v) is 10.2. The first kappa shape index (κ1) is 13.0. The van der Waals surface area contributed by atoms with Crippen LogP contribution >= 0.6 is 15.9 Å². The number of unbranched alkanes of at least 4 members (excludes halogenated alkanes) is 1. The number of rotatable bonds is 6. The lowest BCUT2D eigenvalue weighted by Crippen LogP contribution is -2.01. The summed E-state index contributed by atoms with van der Waals surface area (Å²) in [6.45, 7) is 0.384. The third-order valence-corrected chi connectivity index (χ3v) is 2.59. The fraction of sp³-hybridized carbons (Fsp3) is 0.364. The van der Waals surface area contributed by atoms with Crippen LogP contribution in [-0.4, -0.2) is 17.7 Å². The molecule has 0 spiro atoms. The molecule has 0 fully saturated rings. The van der Waals surface area contributed by atoms with Gasteiger partial charge in [-0.15, -0.1) is 0 Å². The average Bonchev–Trinajstić information content (AvgIpc) is 2.22. The predicted molar refractivity (Wildman–Crippen MR) is 61.1 cm³/mol. The van der Waals surface area contributed by atoms with Crippen molar-refractivity contribution in [3.63, 3.8) is 0 Å². The van der Waals surface area contributed by atoms with Gasteiger partial charge in [0.2, 0.25) is 0 Å². The summed E-state index contributed by atoms with van der Waals surface area (Å²) < 4.78 is 18.9. The van der Waals surface area contributed by atoms with Crippen LogP contribution in [0.15, 0.2) is 22.7 Å². The Balaban J connectivity index is 2.31. The summed E-state index contributed by atoms with van der Waals surface area (Å²) in [6, 6.07) is 4.20. The molecule has 1 rings (SSSR count). The van der Waals surface area contributed by atoms with Crippen molar-refractivity contribution in [2.24, 2.45) is 0 Å². The lowest BCUT2D eigenvalue weighted by atomic mass is 10.2. The Labute approximate surface area is 101 Å². The maximum absolute atomic E-state index is 12.8. The van der Waals surface area contributed by atoms with Gasteiger partial charge in [0, 0.05) is 12.5 Å². The van der Waals surface area contributed by atoms with Crippen LogP contribution in [0.25, 0.3) is 0 Å². The van der Waals surface area contributed by atoms with Gasteiger partial charge < -0.3 is 9.84 Å². The van der Waals surface area contributed by atoms with Crippen LogP contribution in [0.3, 0.4) is 0 Å². The van der Waals surface area contributed by atoms with Gasteiger partial charge in [-0.3, -0.25) is 4.79 Å². The molecule has 0 amide bonds. The van der Waals surface area contributed by atoms with Gasteiger partial charge in [-0.2, -0.15) is 0 Å². The highest BCUT2D eigenvalue weighted by molar-refractivity contribution is 9.10. The molecule has 0 heterocycles. The Kier molecular flexibility index (Phi) is 5.25. The Morgan fingerprint density at radius 2 is 2.19 bits per heavy atom. The lowest BCUT2D eigenvalue weighted by Gasteiger charge is -2.07. The minimum absolute atomic E-state index is 0.133. The first-order chi connectivity index (χ1) is 7.59. The lowest BCUT2D eigenvalue weighted by molar-refractivity contribution is -0.137. The van der Waals surface area contributed by atoms with Gasteiger partial charge in [-0.25, -0.2) is 4.39 Å². The van der Waals surface area contributed by atoms with E-state index < -0.39 is 5.97 Å². The van der Waals surface area contributed by atoms with Crippen LogP contribution in [0.5, 0.6) is 5.75 Å². The Morgan fingerprint density at radius 3 is 2.88 bits per heavy atom. The van der Waals surface area contributed by atoms with Crippen molar-refractivity contribution < 1.29 is 19.0 Å². The number of hydrogen-bond acceptors (Lipinski definition) is 2. The maximum atomic E-state index is 12.8. The second-order valence-corrected chi connectivity index (χ2v) is 4.13. The van der Waals surface area contributed by atoms with Crippen molar-refractivity contribution in [2.75, 3.05) is 6.61 Å². The number of ether oxygens (including phenoxy) is 1. The van der Waals surface area contributed by atoms with E-state index >= 15 is 0 Å². The molecule has 0 aromatic heterocycles. The number of aliphatic carboxylic acids is 1. The summed E-state index contributed by atoms with van der Waals surface area (Å²) in [4.78, 5) is 10.2. The molecular formula is C11H12BrFO3. The van der Waals surface area contributed by atoms with Gasteiger partial charge in [0.05, 0.1) is 11.1 Å². The van der Waals surface area contributed by atoms with E-state index in [1.165, 1.54) is 12.1 Å². The molecule has 1 aromatic rings. The topological polar surface area (TPSA) is 46.5 Å². The standard InChI is InChI=1S/C11H12BrFO3/c12-9-5-4-8(13)7-10(9)16-6-2-1-3-11(14)15/h4-5,7H,1-3,6H2,(H,14,15). The minimum Gasteiger partial charge on any atom is -0.492 e. The zero-order valence-electron chi connectivity index (χ0n) is 8.58. The van der Waals surface area contributed by atoms with Gasteiger partial charge in [-0.1, -0.05) is 0 Å². The molecule has 0 saturated carbocycles. The van der Waals surface area contributed by atoms with Crippen molar-refractivity contribution in [1.82, 2.24) is 0 Å². The molecule has 1 aromatic carbocycles. The molecule has 88 valence electrons. The van der Waals surface area contributed by atoms with Crippen LogP contribution < -0.4 is 4.74 Å². The van der Waals surface area contributed by atoms with E-state index in [4.69, 9.17) is 9.84 Å². The number of halogens is 2. The number of carbonyl (C=O) groups is 1. The first-order valence-corrected chi connectivity index (χ1v) is 5.68. The largest absolute Gasteiger partial charge is 0.492 e. The van der Waals surface area contributed by atoms with E-state index in [0.717, 1.165) is 0 Å². The molecule has 0 aliphatic carbocycles. The first-order valence-electron chi connectivity index (χ1n) is 4.89. The van der Waals surface area contributed by atoms with Gasteiger partial charge in [0.15, 0.2) is 0 Å². The van der Waals surface area contributed by atoms with E-state index in [1.807, 2.05) is 0 Å². The minimum atomic E-state index is -0.813. The molecule has 0 aliphatic rings. The molecule has 0 radical (unpaired) electrons. The van der Waals surface area contributed by atoms with Crippen LogP contribution in [0.2, 0.25) is 0 Å². The summed E-state index contributed by atoms with van der Waals surface area (Å²) in [6.07, 6.45) is 1.32. The highest BCUT2D eigenvalue weighted by Gasteiger charge is 2.03. The van der Waals surface area contributed by atoms with Gasteiger partial charge in [-0.05, 0) is 40.9 Å². The Hall–Kier alpha value is -1.10. The fourth-order valence-electron chi connectivity index (χ4n) is 1.15. The molecule has 0 bridgehead atoms. The predicted octanol–water partition coefficient (Wildman–Crippen LogP) is 3.22. The zero-order chi connectivity index (χ0) is 12.0. The normalized spacial score (nSPS) is 10.1. The summed E-state index contributed by atoms with van der Waals surface area (Å²) in [5.74, 6) is -0.731. The Bertz CT molecular complexity index is 368. The van der Waals surface area contributed by atoms with Gasteiger partial charge >= 0.3 is 5.97 Å². The molecule has 0 saturated heterocycles. The second-order valence-electron chi connectivity index (χ2n) is 3.27. The van der Waals surface area contributed by atoms with Crippen molar-refractivity contribution in [3.05, 3.63) is 28.5 Å².